The summed E-state index contributed by atoms with van der Waals surface area (Å²) in [5, 5.41) is 0. The lowest BCUT2D eigenvalue weighted by atomic mass is 9.94. The third-order valence-corrected chi connectivity index (χ3v) is 5.69. The SMILES string of the molecule is CC1CCN(C[C@H]2CCCN(Cc3nc4ccccc4o3)C2)CC1. The second-order valence-electron chi connectivity index (χ2n) is 7.80. The van der Waals surface area contributed by atoms with Crippen molar-refractivity contribution in [2.75, 3.05) is 32.7 Å². The Bertz CT molecular complexity index is 627. The van der Waals surface area contributed by atoms with Crippen LogP contribution in [0.1, 0.15) is 38.5 Å². The first kappa shape index (κ1) is 16.1. The fourth-order valence-electron chi connectivity index (χ4n) is 4.23. The Balaban J connectivity index is 1.33. The number of piperidine rings is 2. The Morgan fingerprint density at radius 1 is 1.08 bits per heavy atom. The number of rotatable bonds is 4. The molecule has 4 rings (SSSR count). The largest absolute Gasteiger partial charge is 0.439 e. The fraction of sp³-hybridized carbons (Fsp3) is 0.650. The molecule has 1 aromatic carbocycles. The molecule has 3 heterocycles. The van der Waals surface area contributed by atoms with Crippen LogP contribution in [0, 0.1) is 11.8 Å². The standard InChI is InChI=1S/C20H29N3O/c1-16-8-11-22(12-9-16)13-17-5-4-10-23(14-17)15-20-21-18-6-2-3-7-19(18)24-20/h2-3,6-7,16-17H,4-5,8-15H2,1H3/t17-/m1/s1. The van der Waals surface area contributed by atoms with Crippen LogP contribution >= 0.6 is 0 Å². The summed E-state index contributed by atoms with van der Waals surface area (Å²) in [6.07, 6.45) is 5.42. The zero-order valence-corrected chi connectivity index (χ0v) is 14.8. The van der Waals surface area contributed by atoms with E-state index in [0.717, 1.165) is 35.4 Å². The van der Waals surface area contributed by atoms with Gasteiger partial charge in [-0.05, 0) is 69.3 Å². The van der Waals surface area contributed by atoms with Gasteiger partial charge in [0.1, 0.15) is 5.52 Å². The number of hydrogen-bond donors (Lipinski definition) is 0. The maximum absolute atomic E-state index is 5.90. The number of nitrogens with zero attached hydrogens (tertiary/aromatic N) is 3. The smallest absolute Gasteiger partial charge is 0.209 e. The number of para-hydroxylation sites is 2. The topological polar surface area (TPSA) is 32.5 Å². The third kappa shape index (κ3) is 3.81. The molecule has 0 unspecified atom stereocenters. The first-order valence-electron chi connectivity index (χ1n) is 9.55. The van der Waals surface area contributed by atoms with Gasteiger partial charge in [0, 0.05) is 13.1 Å². The first-order chi connectivity index (χ1) is 11.8. The lowest BCUT2D eigenvalue weighted by molar-refractivity contribution is 0.104. The molecule has 0 saturated carbocycles. The van der Waals surface area contributed by atoms with Crippen LogP contribution in [0.15, 0.2) is 28.7 Å². The number of fused-ring (bicyclic) bond motifs is 1. The Kier molecular flexibility index (Phi) is 4.86. The molecule has 2 aliphatic heterocycles. The maximum atomic E-state index is 5.90. The summed E-state index contributed by atoms with van der Waals surface area (Å²) < 4.78 is 5.90. The summed E-state index contributed by atoms with van der Waals surface area (Å²) in [5.74, 6) is 2.59. The molecule has 2 saturated heterocycles. The number of aromatic nitrogens is 1. The van der Waals surface area contributed by atoms with Crippen LogP contribution in [0.5, 0.6) is 0 Å². The van der Waals surface area contributed by atoms with Crippen molar-refractivity contribution in [3.8, 4) is 0 Å². The highest BCUT2D eigenvalue weighted by molar-refractivity contribution is 5.72. The highest BCUT2D eigenvalue weighted by Crippen LogP contribution is 2.23. The van der Waals surface area contributed by atoms with E-state index in [-0.39, 0.29) is 0 Å². The van der Waals surface area contributed by atoms with Gasteiger partial charge >= 0.3 is 0 Å². The molecule has 130 valence electrons. The number of oxazole rings is 1. The monoisotopic (exact) mass is 327 g/mol. The third-order valence-electron chi connectivity index (χ3n) is 5.69. The number of likely N-dealkylation sites (tertiary alicyclic amines) is 2. The van der Waals surface area contributed by atoms with E-state index in [0.29, 0.717) is 0 Å². The van der Waals surface area contributed by atoms with E-state index in [1.165, 1.54) is 58.4 Å². The molecular weight excluding hydrogens is 298 g/mol. The van der Waals surface area contributed by atoms with Crippen molar-refractivity contribution in [2.24, 2.45) is 11.8 Å². The molecule has 0 N–H and O–H groups in total. The van der Waals surface area contributed by atoms with Gasteiger partial charge in [-0.3, -0.25) is 4.90 Å². The molecule has 0 spiro atoms. The van der Waals surface area contributed by atoms with E-state index < -0.39 is 0 Å². The first-order valence-corrected chi connectivity index (χ1v) is 9.55. The van der Waals surface area contributed by atoms with Crippen LogP contribution in [0.3, 0.4) is 0 Å². The number of benzene rings is 1. The van der Waals surface area contributed by atoms with Crippen molar-refractivity contribution in [1.29, 1.82) is 0 Å². The van der Waals surface area contributed by atoms with Crippen molar-refractivity contribution in [3.05, 3.63) is 30.2 Å². The van der Waals surface area contributed by atoms with Crippen LogP contribution in [-0.4, -0.2) is 47.5 Å². The molecule has 0 bridgehead atoms. The van der Waals surface area contributed by atoms with Crippen molar-refractivity contribution < 1.29 is 4.42 Å². The second-order valence-corrected chi connectivity index (χ2v) is 7.80. The van der Waals surface area contributed by atoms with Crippen molar-refractivity contribution in [1.82, 2.24) is 14.8 Å². The van der Waals surface area contributed by atoms with Crippen LogP contribution in [0.25, 0.3) is 11.1 Å². The highest BCUT2D eigenvalue weighted by atomic mass is 16.3. The van der Waals surface area contributed by atoms with E-state index in [2.05, 4.69) is 21.7 Å². The van der Waals surface area contributed by atoms with Gasteiger partial charge in [-0.25, -0.2) is 4.98 Å². The normalized spacial score (nSPS) is 24.6. The predicted octanol–water partition coefficient (Wildman–Crippen LogP) is 3.77. The minimum absolute atomic E-state index is 0.802. The van der Waals surface area contributed by atoms with Crippen LogP contribution < -0.4 is 0 Å². The van der Waals surface area contributed by atoms with Gasteiger partial charge in [0.2, 0.25) is 5.89 Å². The van der Waals surface area contributed by atoms with Gasteiger partial charge in [0.05, 0.1) is 6.54 Å². The zero-order chi connectivity index (χ0) is 16.4. The molecule has 0 aliphatic carbocycles. The average Bonchev–Trinajstić information content (AvgIpc) is 2.99. The molecule has 2 aromatic rings. The molecule has 1 atom stereocenters. The van der Waals surface area contributed by atoms with Crippen LogP contribution in [-0.2, 0) is 6.54 Å². The minimum Gasteiger partial charge on any atom is -0.439 e. The van der Waals surface area contributed by atoms with E-state index in [1.807, 2.05) is 24.3 Å². The molecule has 0 amide bonds. The zero-order valence-electron chi connectivity index (χ0n) is 14.8. The van der Waals surface area contributed by atoms with E-state index >= 15 is 0 Å². The second kappa shape index (κ2) is 7.24. The Hall–Kier alpha value is -1.39. The summed E-state index contributed by atoms with van der Waals surface area (Å²) in [4.78, 5) is 9.86. The van der Waals surface area contributed by atoms with E-state index in [9.17, 15) is 0 Å². The summed E-state index contributed by atoms with van der Waals surface area (Å²) in [6, 6.07) is 8.06. The molecule has 0 radical (unpaired) electrons. The molecule has 2 fully saturated rings. The predicted molar refractivity (Wildman–Crippen MR) is 96.8 cm³/mol. The average molecular weight is 327 g/mol. The molecule has 4 nitrogen and oxygen atoms in total. The highest BCUT2D eigenvalue weighted by Gasteiger charge is 2.25. The Morgan fingerprint density at radius 3 is 2.75 bits per heavy atom. The van der Waals surface area contributed by atoms with Gasteiger partial charge in [-0.1, -0.05) is 19.1 Å². The van der Waals surface area contributed by atoms with Crippen molar-refractivity contribution >= 4 is 11.1 Å². The van der Waals surface area contributed by atoms with Gasteiger partial charge in [-0.15, -0.1) is 0 Å². The van der Waals surface area contributed by atoms with Crippen LogP contribution in [0.4, 0.5) is 0 Å². The maximum Gasteiger partial charge on any atom is 0.209 e. The van der Waals surface area contributed by atoms with Crippen molar-refractivity contribution in [2.45, 2.75) is 39.2 Å². The summed E-state index contributed by atoms with van der Waals surface area (Å²) in [5.41, 5.74) is 1.88. The quantitative estimate of drug-likeness (QED) is 0.856. The molecule has 4 heteroatoms. The molecular formula is C20H29N3O. The summed E-state index contributed by atoms with van der Waals surface area (Å²) >= 11 is 0. The fourth-order valence-corrected chi connectivity index (χ4v) is 4.23. The van der Waals surface area contributed by atoms with Gasteiger partial charge in [-0.2, -0.15) is 0 Å². The van der Waals surface area contributed by atoms with E-state index in [1.54, 1.807) is 0 Å². The lowest BCUT2D eigenvalue weighted by Gasteiger charge is -2.37. The Morgan fingerprint density at radius 2 is 1.92 bits per heavy atom. The number of hydrogen-bond acceptors (Lipinski definition) is 4. The van der Waals surface area contributed by atoms with Gasteiger partial charge < -0.3 is 9.32 Å². The summed E-state index contributed by atoms with van der Waals surface area (Å²) in [7, 11) is 0. The van der Waals surface area contributed by atoms with Crippen molar-refractivity contribution in [3.63, 3.8) is 0 Å². The van der Waals surface area contributed by atoms with Gasteiger partial charge in [0.15, 0.2) is 5.58 Å². The van der Waals surface area contributed by atoms with Crippen LogP contribution in [0.2, 0.25) is 0 Å². The lowest BCUT2D eigenvalue weighted by Crippen LogP contribution is -2.43. The van der Waals surface area contributed by atoms with Gasteiger partial charge in [0.25, 0.3) is 0 Å². The molecule has 1 aromatic heterocycles. The summed E-state index contributed by atoms with van der Waals surface area (Å²) in [6.45, 7) is 9.46. The molecule has 24 heavy (non-hydrogen) atoms. The van der Waals surface area contributed by atoms with E-state index in [4.69, 9.17) is 4.42 Å². The molecule has 2 aliphatic rings. The minimum atomic E-state index is 0.802. The Labute approximate surface area is 144 Å².